The lowest BCUT2D eigenvalue weighted by Gasteiger charge is -2.53. The molecule has 0 radical (unpaired) electrons. The first-order chi connectivity index (χ1) is 11.3. The third-order valence-electron chi connectivity index (χ3n) is 7.26. The van der Waals surface area contributed by atoms with E-state index in [1.807, 2.05) is 0 Å². The molecule has 1 amide bonds. The van der Waals surface area contributed by atoms with E-state index in [0.29, 0.717) is 11.8 Å². The van der Waals surface area contributed by atoms with Gasteiger partial charge < -0.3 is 10.1 Å². The van der Waals surface area contributed by atoms with Gasteiger partial charge in [0.25, 0.3) is 0 Å². The molecule has 3 fully saturated rings. The minimum absolute atomic E-state index is 0.104. The van der Waals surface area contributed by atoms with E-state index in [4.69, 9.17) is 4.74 Å². The Balaban J connectivity index is 1.71. The molecular formula is C21H29NO2. The molecule has 1 spiro atoms. The largest absolute Gasteiger partial charge is 0.373 e. The van der Waals surface area contributed by atoms with Crippen LogP contribution in [0.25, 0.3) is 0 Å². The number of hydrogen-bond donors (Lipinski definition) is 1. The van der Waals surface area contributed by atoms with E-state index in [1.54, 1.807) is 6.92 Å². The lowest BCUT2D eigenvalue weighted by molar-refractivity contribution is -0.135. The molecule has 1 saturated heterocycles. The zero-order chi connectivity index (χ0) is 17.1. The van der Waals surface area contributed by atoms with Crippen LogP contribution in [-0.4, -0.2) is 18.6 Å². The Hall–Kier alpha value is -1.35. The molecular weight excluding hydrogens is 298 g/mol. The normalized spacial score (nSPS) is 39.5. The summed E-state index contributed by atoms with van der Waals surface area (Å²) in [4.78, 5) is 11.9. The highest BCUT2D eigenvalue weighted by Gasteiger charge is 2.68. The Morgan fingerprint density at radius 2 is 1.96 bits per heavy atom. The molecule has 130 valence electrons. The standard InChI is InChI=1S/C21H29NO2/c1-13-5-7-15(8-6-13)18-17-11-16-12-21(17,9-10-24-18)19(20(16,3)4)22-14(2)23/h5-8,16-19H,9-12H2,1-4H3,(H,22,23)/t16-,17-,18-,19+,21?/m1/s1. The van der Waals surface area contributed by atoms with Gasteiger partial charge in [0.1, 0.15) is 0 Å². The minimum atomic E-state index is 0.104. The number of hydrogen-bond acceptors (Lipinski definition) is 2. The Morgan fingerprint density at radius 3 is 2.62 bits per heavy atom. The molecule has 1 N–H and O–H groups in total. The first-order valence-electron chi connectivity index (χ1n) is 9.30. The van der Waals surface area contributed by atoms with Gasteiger partial charge in [-0.15, -0.1) is 0 Å². The monoisotopic (exact) mass is 327 g/mol. The van der Waals surface area contributed by atoms with Crippen LogP contribution in [0, 0.1) is 29.6 Å². The number of carbonyl (C=O) groups excluding carboxylic acids is 1. The highest BCUT2D eigenvalue weighted by Crippen LogP contribution is 2.70. The number of benzene rings is 1. The van der Waals surface area contributed by atoms with E-state index in [2.05, 4.69) is 50.4 Å². The number of aryl methyl sites for hydroxylation is 1. The fourth-order valence-corrected chi connectivity index (χ4v) is 6.08. The molecule has 5 atom stereocenters. The fourth-order valence-electron chi connectivity index (χ4n) is 6.08. The highest BCUT2D eigenvalue weighted by atomic mass is 16.5. The van der Waals surface area contributed by atoms with E-state index in [-0.39, 0.29) is 28.9 Å². The van der Waals surface area contributed by atoms with Gasteiger partial charge >= 0.3 is 0 Å². The Morgan fingerprint density at radius 1 is 1.25 bits per heavy atom. The van der Waals surface area contributed by atoms with Crippen molar-refractivity contribution in [3.05, 3.63) is 35.4 Å². The van der Waals surface area contributed by atoms with Crippen LogP contribution in [0.1, 0.15) is 57.3 Å². The van der Waals surface area contributed by atoms with Crippen molar-refractivity contribution < 1.29 is 9.53 Å². The van der Waals surface area contributed by atoms with Gasteiger partial charge in [-0.25, -0.2) is 0 Å². The van der Waals surface area contributed by atoms with Crippen molar-refractivity contribution >= 4 is 5.91 Å². The number of ether oxygens (including phenoxy) is 1. The van der Waals surface area contributed by atoms with Crippen LogP contribution in [0.2, 0.25) is 0 Å². The summed E-state index contributed by atoms with van der Waals surface area (Å²) in [7, 11) is 0. The Kier molecular flexibility index (Phi) is 3.58. The van der Waals surface area contributed by atoms with Crippen molar-refractivity contribution in [3.8, 4) is 0 Å². The maximum Gasteiger partial charge on any atom is 0.217 e. The summed E-state index contributed by atoms with van der Waals surface area (Å²) in [5, 5.41) is 3.34. The number of fused-ring (bicyclic) bond motifs is 1. The van der Waals surface area contributed by atoms with Crippen LogP contribution in [0.5, 0.6) is 0 Å². The van der Waals surface area contributed by atoms with Crippen LogP contribution in [0.4, 0.5) is 0 Å². The van der Waals surface area contributed by atoms with E-state index < -0.39 is 0 Å². The third kappa shape index (κ3) is 2.17. The topological polar surface area (TPSA) is 38.3 Å². The van der Waals surface area contributed by atoms with Gasteiger partial charge in [0, 0.05) is 19.6 Å². The summed E-state index contributed by atoms with van der Waals surface area (Å²) < 4.78 is 6.27. The van der Waals surface area contributed by atoms with Gasteiger partial charge in [-0.1, -0.05) is 43.7 Å². The maximum absolute atomic E-state index is 11.9. The predicted octanol–water partition coefficient (Wildman–Crippen LogP) is 4.01. The van der Waals surface area contributed by atoms with Crippen LogP contribution in [-0.2, 0) is 9.53 Å². The Labute approximate surface area is 145 Å². The molecule has 3 heteroatoms. The van der Waals surface area contributed by atoms with Gasteiger partial charge in [-0.05, 0) is 54.4 Å². The molecule has 1 aliphatic heterocycles. The van der Waals surface area contributed by atoms with E-state index in [1.165, 1.54) is 24.0 Å². The lowest BCUT2D eigenvalue weighted by Crippen LogP contribution is -2.58. The van der Waals surface area contributed by atoms with E-state index in [9.17, 15) is 4.79 Å². The SMILES string of the molecule is CC(=O)N[C@H]1C(C)(C)[C@@H]2C[C@@H]3[C@@H](c4ccc(C)cc4)OCCC31C2. The van der Waals surface area contributed by atoms with Gasteiger partial charge in [-0.2, -0.15) is 0 Å². The van der Waals surface area contributed by atoms with Crippen LogP contribution in [0.3, 0.4) is 0 Å². The second kappa shape index (κ2) is 5.32. The lowest BCUT2D eigenvalue weighted by atomic mass is 9.59. The van der Waals surface area contributed by atoms with Crippen LogP contribution < -0.4 is 5.32 Å². The highest BCUT2D eigenvalue weighted by molar-refractivity contribution is 5.73. The molecule has 1 aromatic carbocycles. The van der Waals surface area contributed by atoms with Crippen molar-refractivity contribution in [2.24, 2.45) is 22.7 Å². The molecule has 2 aliphatic carbocycles. The smallest absolute Gasteiger partial charge is 0.217 e. The number of carbonyl (C=O) groups is 1. The number of rotatable bonds is 2. The van der Waals surface area contributed by atoms with Crippen molar-refractivity contribution in [1.29, 1.82) is 0 Å². The second-order valence-corrected chi connectivity index (χ2v) is 8.88. The molecule has 1 heterocycles. The van der Waals surface area contributed by atoms with Gasteiger partial charge in [0.05, 0.1) is 6.10 Å². The summed E-state index contributed by atoms with van der Waals surface area (Å²) in [5.41, 5.74) is 2.97. The average molecular weight is 327 g/mol. The average Bonchev–Trinajstić information content (AvgIpc) is 3.01. The molecule has 1 aromatic rings. The quantitative estimate of drug-likeness (QED) is 0.891. The summed E-state index contributed by atoms with van der Waals surface area (Å²) in [6, 6.07) is 9.08. The Bertz CT molecular complexity index is 650. The summed E-state index contributed by atoms with van der Waals surface area (Å²) in [5.74, 6) is 1.30. The zero-order valence-electron chi connectivity index (χ0n) is 15.3. The predicted molar refractivity (Wildman–Crippen MR) is 94.5 cm³/mol. The van der Waals surface area contributed by atoms with Crippen LogP contribution in [0.15, 0.2) is 24.3 Å². The second-order valence-electron chi connectivity index (χ2n) is 8.88. The summed E-state index contributed by atoms with van der Waals surface area (Å²) >= 11 is 0. The molecule has 2 bridgehead atoms. The van der Waals surface area contributed by atoms with Crippen molar-refractivity contribution in [2.75, 3.05) is 6.61 Å². The van der Waals surface area contributed by atoms with Gasteiger partial charge in [0.2, 0.25) is 5.91 Å². The first kappa shape index (κ1) is 16.1. The number of nitrogens with one attached hydrogen (secondary N) is 1. The molecule has 2 saturated carbocycles. The minimum Gasteiger partial charge on any atom is -0.373 e. The molecule has 0 aromatic heterocycles. The summed E-state index contributed by atoms with van der Waals surface area (Å²) in [6.07, 6.45) is 3.71. The van der Waals surface area contributed by atoms with Gasteiger partial charge in [0.15, 0.2) is 0 Å². The van der Waals surface area contributed by atoms with Crippen molar-refractivity contribution in [3.63, 3.8) is 0 Å². The fraction of sp³-hybridized carbons (Fsp3) is 0.667. The molecule has 3 aliphatic rings. The maximum atomic E-state index is 11.9. The number of amides is 1. The van der Waals surface area contributed by atoms with Crippen LogP contribution >= 0.6 is 0 Å². The molecule has 1 unspecified atom stereocenters. The third-order valence-corrected chi connectivity index (χ3v) is 7.26. The van der Waals surface area contributed by atoms with E-state index >= 15 is 0 Å². The molecule has 24 heavy (non-hydrogen) atoms. The van der Waals surface area contributed by atoms with Gasteiger partial charge in [-0.3, -0.25) is 4.79 Å². The van der Waals surface area contributed by atoms with Crippen molar-refractivity contribution in [2.45, 2.75) is 59.1 Å². The molecule has 4 rings (SSSR count). The van der Waals surface area contributed by atoms with E-state index in [0.717, 1.165) is 13.0 Å². The zero-order valence-corrected chi connectivity index (χ0v) is 15.3. The summed E-state index contributed by atoms with van der Waals surface area (Å²) in [6.45, 7) is 9.28. The van der Waals surface area contributed by atoms with Crippen molar-refractivity contribution in [1.82, 2.24) is 5.32 Å². The molecule has 3 nitrogen and oxygen atoms in total. The first-order valence-corrected chi connectivity index (χ1v) is 9.30.